The van der Waals surface area contributed by atoms with Gasteiger partial charge in [-0.05, 0) is 43.5 Å². The van der Waals surface area contributed by atoms with Crippen LogP contribution in [0.4, 0.5) is 0 Å². The van der Waals surface area contributed by atoms with Gasteiger partial charge in [-0.2, -0.15) is 5.10 Å². The Kier molecular flexibility index (Phi) is 5.41. The van der Waals surface area contributed by atoms with Crippen molar-refractivity contribution in [3.8, 4) is 0 Å². The lowest BCUT2D eigenvalue weighted by atomic mass is 10.1. The number of hydrogen-bond donors (Lipinski definition) is 1. The molecule has 1 aromatic heterocycles. The largest absolute Gasteiger partial charge is 0.352 e. The molecule has 1 N–H and O–H groups in total. The first-order chi connectivity index (χ1) is 13.1. The predicted molar refractivity (Wildman–Crippen MR) is 107 cm³/mol. The van der Waals surface area contributed by atoms with Gasteiger partial charge in [-0.1, -0.05) is 30.3 Å². The van der Waals surface area contributed by atoms with E-state index in [0.29, 0.717) is 12.6 Å². The molecular formula is C20H27N5OS. The number of rotatable bonds is 6. The van der Waals surface area contributed by atoms with E-state index in [4.69, 9.17) is 17.3 Å². The lowest BCUT2D eigenvalue weighted by molar-refractivity contribution is -0.120. The fourth-order valence-corrected chi connectivity index (χ4v) is 4.14. The van der Waals surface area contributed by atoms with E-state index >= 15 is 0 Å². The van der Waals surface area contributed by atoms with Gasteiger partial charge >= 0.3 is 0 Å². The van der Waals surface area contributed by atoms with Crippen LogP contribution in [0.15, 0.2) is 30.3 Å². The van der Waals surface area contributed by atoms with Crippen LogP contribution >= 0.6 is 12.2 Å². The van der Waals surface area contributed by atoms with Crippen LogP contribution in [-0.4, -0.2) is 44.3 Å². The highest BCUT2D eigenvalue weighted by molar-refractivity contribution is 7.71. The van der Waals surface area contributed by atoms with E-state index in [1.54, 1.807) is 6.92 Å². The number of carbonyl (C=O) groups is 1. The van der Waals surface area contributed by atoms with E-state index in [2.05, 4.69) is 39.0 Å². The Morgan fingerprint density at radius 1 is 1.26 bits per heavy atom. The van der Waals surface area contributed by atoms with Crippen molar-refractivity contribution < 1.29 is 4.79 Å². The topological polar surface area (TPSA) is 55.1 Å². The average molecular weight is 386 g/mol. The van der Waals surface area contributed by atoms with Gasteiger partial charge in [0.1, 0.15) is 5.82 Å². The highest BCUT2D eigenvalue weighted by Gasteiger charge is 2.30. The maximum Gasteiger partial charge on any atom is 0.217 e. The molecule has 1 amide bonds. The zero-order valence-corrected chi connectivity index (χ0v) is 16.6. The molecule has 27 heavy (non-hydrogen) atoms. The molecule has 6 nitrogen and oxygen atoms in total. The third kappa shape index (κ3) is 4.47. The Morgan fingerprint density at radius 3 is 2.74 bits per heavy atom. The molecule has 0 bridgehead atoms. The van der Waals surface area contributed by atoms with Gasteiger partial charge in [-0.3, -0.25) is 14.3 Å². The standard InChI is InChI=1S/C20H27N5OS/c1-15(26)21-18-8-5-11-23(13-18)14-25-20(27)24(19(22-25)17-9-10-17)12-16-6-3-2-4-7-16/h2-4,6-7,17-18H,5,8-14H2,1H3,(H,21,26). The van der Waals surface area contributed by atoms with E-state index in [1.165, 1.54) is 18.4 Å². The Labute approximate surface area is 165 Å². The van der Waals surface area contributed by atoms with E-state index in [9.17, 15) is 4.79 Å². The summed E-state index contributed by atoms with van der Waals surface area (Å²) in [6.45, 7) is 4.92. The number of aromatic nitrogens is 3. The first-order valence-corrected chi connectivity index (χ1v) is 10.2. The van der Waals surface area contributed by atoms with Crippen molar-refractivity contribution in [2.75, 3.05) is 13.1 Å². The molecule has 144 valence electrons. The molecule has 1 saturated heterocycles. The van der Waals surface area contributed by atoms with Gasteiger partial charge in [0.05, 0.1) is 13.2 Å². The fourth-order valence-electron chi connectivity index (χ4n) is 3.89. The number of piperidine rings is 1. The number of hydrogen-bond acceptors (Lipinski definition) is 4. The zero-order valence-electron chi connectivity index (χ0n) is 15.8. The molecule has 1 aliphatic heterocycles. The third-order valence-corrected chi connectivity index (χ3v) is 5.76. The van der Waals surface area contributed by atoms with Gasteiger partial charge in [0.25, 0.3) is 0 Å². The summed E-state index contributed by atoms with van der Waals surface area (Å²) in [5, 5.41) is 7.94. The second-order valence-electron chi connectivity index (χ2n) is 7.74. The van der Waals surface area contributed by atoms with Crippen LogP contribution < -0.4 is 5.32 Å². The van der Waals surface area contributed by atoms with E-state index < -0.39 is 0 Å². The quantitative estimate of drug-likeness (QED) is 0.777. The second-order valence-corrected chi connectivity index (χ2v) is 8.11. The van der Waals surface area contributed by atoms with Crippen LogP contribution in [0.5, 0.6) is 0 Å². The van der Waals surface area contributed by atoms with Gasteiger partial charge in [0.15, 0.2) is 4.77 Å². The monoisotopic (exact) mass is 385 g/mol. The van der Waals surface area contributed by atoms with Gasteiger partial charge < -0.3 is 5.32 Å². The lowest BCUT2D eigenvalue weighted by Crippen LogP contribution is -2.47. The Hall–Kier alpha value is -1.99. The summed E-state index contributed by atoms with van der Waals surface area (Å²) < 4.78 is 4.97. The van der Waals surface area contributed by atoms with Crippen molar-refractivity contribution >= 4 is 18.1 Å². The molecule has 2 fully saturated rings. The first-order valence-electron chi connectivity index (χ1n) is 9.81. The summed E-state index contributed by atoms with van der Waals surface area (Å²) in [5.41, 5.74) is 1.25. The molecule has 1 aromatic carbocycles. The number of amides is 1. The summed E-state index contributed by atoms with van der Waals surface area (Å²) in [4.78, 5) is 13.7. The Morgan fingerprint density at radius 2 is 2.04 bits per heavy atom. The third-order valence-electron chi connectivity index (χ3n) is 5.32. The van der Waals surface area contributed by atoms with Crippen LogP contribution in [0.25, 0.3) is 0 Å². The van der Waals surface area contributed by atoms with E-state index in [1.807, 2.05) is 10.7 Å². The highest BCUT2D eigenvalue weighted by atomic mass is 32.1. The minimum Gasteiger partial charge on any atom is -0.352 e. The van der Waals surface area contributed by atoms with Crippen molar-refractivity contribution in [2.24, 2.45) is 0 Å². The van der Waals surface area contributed by atoms with Crippen molar-refractivity contribution in [2.45, 2.75) is 57.8 Å². The summed E-state index contributed by atoms with van der Waals surface area (Å²) in [5.74, 6) is 1.71. The minimum atomic E-state index is 0.0432. The van der Waals surface area contributed by atoms with Crippen LogP contribution in [-0.2, 0) is 18.0 Å². The first kappa shape index (κ1) is 18.4. The lowest BCUT2D eigenvalue weighted by Gasteiger charge is -2.32. The molecule has 1 aliphatic carbocycles. The normalized spacial score (nSPS) is 20.6. The molecule has 2 heterocycles. The molecule has 2 aromatic rings. The molecule has 7 heteroatoms. The van der Waals surface area contributed by atoms with Gasteiger partial charge in [-0.25, -0.2) is 4.68 Å². The molecule has 1 saturated carbocycles. The van der Waals surface area contributed by atoms with Crippen LogP contribution in [0.3, 0.4) is 0 Å². The smallest absolute Gasteiger partial charge is 0.217 e. The molecule has 1 atom stereocenters. The Bertz CT molecular complexity index is 855. The molecule has 4 rings (SSSR count). The molecule has 2 aliphatic rings. The second kappa shape index (κ2) is 7.94. The summed E-state index contributed by atoms with van der Waals surface area (Å²) in [6, 6.07) is 10.7. The van der Waals surface area contributed by atoms with E-state index in [-0.39, 0.29) is 11.9 Å². The molecular weight excluding hydrogens is 358 g/mol. The van der Waals surface area contributed by atoms with Gasteiger partial charge in [0, 0.05) is 32.0 Å². The van der Waals surface area contributed by atoms with Crippen molar-refractivity contribution in [1.29, 1.82) is 0 Å². The molecule has 0 radical (unpaired) electrons. The Balaban J connectivity index is 1.52. The maximum atomic E-state index is 11.4. The van der Waals surface area contributed by atoms with E-state index in [0.717, 1.165) is 43.1 Å². The number of nitrogens with one attached hydrogen (secondary N) is 1. The van der Waals surface area contributed by atoms with Crippen LogP contribution in [0.2, 0.25) is 0 Å². The summed E-state index contributed by atoms with van der Waals surface area (Å²) >= 11 is 5.79. The summed E-state index contributed by atoms with van der Waals surface area (Å²) in [6.07, 6.45) is 4.53. The minimum absolute atomic E-state index is 0.0432. The highest BCUT2D eigenvalue weighted by Crippen LogP contribution is 2.39. The summed E-state index contributed by atoms with van der Waals surface area (Å²) in [7, 11) is 0. The van der Waals surface area contributed by atoms with Crippen LogP contribution in [0.1, 0.15) is 49.9 Å². The average Bonchev–Trinajstić information content (AvgIpc) is 3.44. The zero-order chi connectivity index (χ0) is 18.8. The molecule has 1 unspecified atom stereocenters. The number of benzene rings is 1. The number of nitrogens with zero attached hydrogens (tertiary/aromatic N) is 4. The fraction of sp³-hybridized carbons (Fsp3) is 0.550. The van der Waals surface area contributed by atoms with Crippen molar-refractivity contribution in [3.63, 3.8) is 0 Å². The van der Waals surface area contributed by atoms with Crippen LogP contribution in [0, 0.1) is 4.77 Å². The van der Waals surface area contributed by atoms with Gasteiger partial charge in [-0.15, -0.1) is 0 Å². The SMILES string of the molecule is CC(=O)NC1CCCN(Cn2nc(C3CC3)n(Cc3ccccc3)c2=S)C1. The van der Waals surface area contributed by atoms with Crippen molar-refractivity contribution in [1.82, 2.24) is 24.6 Å². The molecule has 0 spiro atoms. The number of carbonyl (C=O) groups excluding carboxylic acids is 1. The van der Waals surface area contributed by atoms with Gasteiger partial charge in [0.2, 0.25) is 5.91 Å². The maximum absolute atomic E-state index is 11.4. The van der Waals surface area contributed by atoms with Crippen molar-refractivity contribution in [3.05, 3.63) is 46.5 Å². The predicted octanol–water partition coefficient (Wildman–Crippen LogP) is 2.90. The number of likely N-dealkylation sites (tertiary alicyclic amines) is 1.